The number of anilines is 2. The molecule has 3 rings (SSSR count). The molecular formula is C16H17ClFN5O2. The van der Waals surface area contributed by atoms with Gasteiger partial charge in [0.15, 0.2) is 11.6 Å². The number of rotatable bonds is 4. The number of aromatic hydroxyl groups is 1. The molecule has 0 amide bonds. The minimum Gasteiger partial charge on any atom is -0.506 e. The monoisotopic (exact) mass is 365 g/mol. The van der Waals surface area contributed by atoms with Crippen LogP contribution in [0.5, 0.6) is 5.75 Å². The molecule has 1 saturated heterocycles. The second kappa shape index (κ2) is 7.62. The van der Waals surface area contributed by atoms with E-state index in [1.54, 1.807) is 17.0 Å². The zero-order valence-electron chi connectivity index (χ0n) is 13.5. The first-order chi connectivity index (χ1) is 12.0. The lowest BCUT2D eigenvalue weighted by atomic mass is 10.1. The average Bonchev–Trinajstić information content (AvgIpc) is 2.61. The third-order valence-electron chi connectivity index (χ3n) is 3.64. The van der Waals surface area contributed by atoms with E-state index in [1.165, 1.54) is 6.21 Å². The molecular weight excluding hydrogens is 349 g/mol. The molecule has 1 fully saturated rings. The highest BCUT2D eigenvalue weighted by molar-refractivity contribution is 6.32. The predicted molar refractivity (Wildman–Crippen MR) is 94.1 cm³/mol. The molecule has 0 radical (unpaired) electrons. The van der Waals surface area contributed by atoms with E-state index in [9.17, 15) is 9.50 Å². The van der Waals surface area contributed by atoms with Crippen molar-refractivity contribution in [1.82, 2.24) is 9.97 Å². The Balaban J connectivity index is 1.75. The highest BCUT2D eigenvalue weighted by Gasteiger charge is 2.17. The maximum atomic E-state index is 14.0. The fourth-order valence-corrected chi connectivity index (χ4v) is 2.71. The van der Waals surface area contributed by atoms with Gasteiger partial charge >= 0.3 is 0 Å². The van der Waals surface area contributed by atoms with Crippen LogP contribution in [-0.2, 0) is 4.74 Å². The normalized spacial score (nSPS) is 14.9. The Kier molecular flexibility index (Phi) is 5.30. The number of hydrogen-bond donors (Lipinski definition) is 2. The number of hydrogen-bond acceptors (Lipinski definition) is 7. The number of aryl methyl sites for hydroxylation is 1. The summed E-state index contributed by atoms with van der Waals surface area (Å²) in [5.74, 6) is -0.207. The Labute approximate surface area is 149 Å². The molecule has 1 aromatic carbocycles. The third-order valence-corrected chi connectivity index (χ3v) is 3.93. The van der Waals surface area contributed by atoms with Gasteiger partial charge in [-0.05, 0) is 24.6 Å². The Hall–Kier alpha value is -2.45. The van der Waals surface area contributed by atoms with Crippen molar-refractivity contribution < 1.29 is 14.2 Å². The van der Waals surface area contributed by atoms with E-state index in [0.29, 0.717) is 31.9 Å². The zero-order valence-corrected chi connectivity index (χ0v) is 14.3. The number of aromatic nitrogens is 2. The lowest BCUT2D eigenvalue weighted by Gasteiger charge is -2.27. The number of halogens is 2. The Morgan fingerprint density at radius 3 is 2.92 bits per heavy atom. The second-order valence-corrected chi connectivity index (χ2v) is 5.93. The number of morpholine rings is 1. The molecule has 0 spiro atoms. The van der Waals surface area contributed by atoms with Crippen LogP contribution in [0.1, 0.15) is 11.1 Å². The summed E-state index contributed by atoms with van der Waals surface area (Å²) in [5, 5.41) is 14.2. The summed E-state index contributed by atoms with van der Waals surface area (Å²) in [5.41, 5.74) is 3.97. The number of phenolic OH excluding ortho intramolecular Hbond substituents is 1. The molecule has 132 valence electrons. The van der Waals surface area contributed by atoms with Crippen LogP contribution < -0.4 is 10.3 Å². The van der Waals surface area contributed by atoms with Gasteiger partial charge in [0.2, 0.25) is 5.95 Å². The van der Waals surface area contributed by atoms with Crippen molar-refractivity contribution in [3.05, 3.63) is 40.3 Å². The van der Waals surface area contributed by atoms with Crippen molar-refractivity contribution >= 4 is 29.6 Å². The highest BCUT2D eigenvalue weighted by Crippen LogP contribution is 2.27. The van der Waals surface area contributed by atoms with Gasteiger partial charge in [-0.25, -0.2) is 14.8 Å². The van der Waals surface area contributed by atoms with Gasteiger partial charge in [0.25, 0.3) is 0 Å². The number of phenols is 1. The van der Waals surface area contributed by atoms with Crippen LogP contribution in [0.3, 0.4) is 0 Å². The molecule has 2 N–H and O–H groups in total. The van der Waals surface area contributed by atoms with E-state index in [4.69, 9.17) is 16.3 Å². The molecule has 0 unspecified atom stereocenters. The second-order valence-electron chi connectivity index (χ2n) is 5.52. The van der Waals surface area contributed by atoms with E-state index in [0.717, 1.165) is 11.8 Å². The quantitative estimate of drug-likeness (QED) is 0.640. The summed E-state index contributed by atoms with van der Waals surface area (Å²) in [4.78, 5) is 9.81. The van der Waals surface area contributed by atoms with Crippen LogP contribution in [0, 0.1) is 12.7 Å². The van der Waals surface area contributed by atoms with E-state index in [1.807, 2.05) is 6.92 Å². The minimum absolute atomic E-state index is 0.0631. The molecule has 0 saturated carbocycles. The van der Waals surface area contributed by atoms with E-state index >= 15 is 0 Å². The van der Waals surface area contributed by atoms with Crippen molar-refractivity contribution in [2.24, 2.45) is 5.10 Å². The number of hydrazone groups is 1. The Bertz CT molecular complexity index is 796. The van der Waals surface area contributed by atoms with Crippen molar-refractivity contribution in [3.63, 3.8) is 0 Å². The van der Waals surface area contributed by atoms with Gasteiger partial charge in [-0.2, -0.15) is 10.1 Å². The van der Waals surface area contributed by atoms with Crippen LogP contribution in [0.15, 0.2) is 23.4 Å². The molecule has 0 bridgehead atoms. The molecule has 1 aliphatic heterocycles. The zero-order chi connectivity index (χ0) is 17.8. The van der Waals surface area contributed by atoms with Gasteiger partial charge in [-0.15, -0.1) is 0 Å². The molecule has 2 aromatic rings. The first-order valence-electron chi connectivity index (χ1n) is 7.68. The fourth-order valence-electron chi connectivity index (χ4n) is 2.43. The van der Waals surface area contributed by atoms with Gasteiger partial charge in [-0.3, -0.25) is 0 Å². The Morgan fingerprint density at radius 2 is 2.16 bits per heavy atom. The maximum absolute atomic E-state index is 14.0. The van der Waals surface area contributed by atoms with E-state index in [-0.39, 0.29) is 22.5 Å². The van der Waals surface area contributed by atoms with E-state index in [2.05, 4.69) is 20.5 Å². The first kappa shape index (κ1) is 17.4. The van der Waals surface area contributed by atoms with Gasteiger partial charge in [0.1, 0.15) is 5.75 Å². The van der Waals surface area contributed by atoms with Gasteiger partial charge in [0.05, 0.1) is 30.6 Å². The molecule has 0 atom stereocenters. The highest BCUT2D eigenvalue weighted by atomic mass is 35.5. The molecule has 7 nitrogen and oxygen atoms in total. The lowest BCUT2D eigenvalue weighted by Crippen LogP contribution is -2.37. The van der Waals surface area contributed by atoms with Crippen LogP contribution in [0.2, 0.25) is 5.02 Å². The largest absolute Gasteiger partial charge is 0.506 e. The molecule has 9 heteroatoms. The summed E-state index contributed by atoms with van der Waals surface area (Å²) in [6.45, 7) is 4.03. The SMILES string of the molecule is Cc1cc(Cl)c(O)c(/C=N\Nc2ncc(F)c(N3CCOCC3)n2)c1. The van der Waals surface area contributed by atoms with Crippen molar-refractivity contribution in [3.8, 4) is 5.75 Å². The summed E-state index contributed by atoms with van der Waals surface area (Å²) < 4.78 is 19.2. The first-order valence-corrected chi connectivity index (χ1v) is 8.06. The number of benzene rings is 1. The van der Waals surface area contributed by atoms with Gasteiger partial charge < -0.3 is 14.7 Å². The van der Waals surface area contributed by atoms with Crippen LogP contribution in [0.25, 0.3) is 0 Å². The molecule has 25 heavy (non-hydrogen) atoms. The standard InChI is InChI=1S/C16H17ClFN5O2/c1-10-6-11(14(24)12(17)7-10)8-20-22-16-19-9-13(18)15(21-16)23-2-4-25-5-3-23/h6-9,24H,2-5H2,1H3,(H,19,21,22)/b20-8-. The van der Waals surface area contributed by atoms with E-state index < -0.39 is 5.82 Å². The topological polar surface area (TPSA) is 82.9 Å². The Morgan fingerprint density at radius 1 is 1.40 bits per heavy atom. The average molecular weight is 366 g/mol. The predicted octanol–water partition coefficient (Wildman–Crippen LogP) is 2.57. The lowest BCUT2D eigenvalue weighted by molar-refractivity contribution is 0.122. The van der Waals surface area contributed by atoms with Crippen LogP contribution >= 0.6 is 11.6 Å². The summed E-state index contributed by atoms with van der Waals surface area (Å²) in [6, 6.07) is 3.39. The van der Waals surface area contributed by atoms with Gasteiger partial charge in [0, 0.05) is 18.7 Å². The van der Waals surface area contributed by atoms with Crippen LogP contribution in [0.4, 0.5) is 16.2 Å². The third kappa shape index (κ3) is 4.15. The summed E-state index contributed by atoms with van der Waals surface area (Å²) >= 11 is 5.93. The van der Waals surface area contributed by atoms with Crippen molar-refractivity contribution in [2.75, 3.05) is 36.6 Å². The molecule has 1 aliphatic rings. The molecule has 1 aromatic heterocycles. The fraction of sp³-hybridized carbons (Fsp3) is 0.312. The van der Waals surface area contributed by atoms with Crippen molar-refractivity contribution in [2.45, 2.75) is 6.92 Å². The minimum atomic E-state index is -0.500. The number of nitrogens with zero attached hydrogens (tertiary/aromatic N) is 4. The van der Waals surface area contributed by atoms with Crippen molar-refractivity contribution in [1.29, 1.82) is 0 Å². The summed E-state index contributed by atoms with van der Waals surface area (Å²) in [6.07, 6.45) is 2.49. The number of ether oxygens (including phenoxy) is 1. The van der Waals surface area contributed by atoms with Gasteiger partial charge in [-0.1, -0.05) is 11.6 Å². The molecule has 2 heterocycles. The molecule has 0 aliphatic carbocycles. The summed E-state index contributed by atoms with van der Waals surface area (Å²) in [7, 11) is 0. The smallest absolute Gasteiger partial charge is 0.245 e. The van der Waals surface area contributed by atoms with Crippen LogP contribution in [-0.4, -0.2) is 47.6 Å². The maximum Gasteiger partial charge on any atom is 0.245 e. The number of nitrogens with one attached hydrogen (secondary N) is 1.